The smallest absolute Gasteiger partial charge is 0.263 e. The molecule has 1 saturated heterocycles. The molecule has 1 aliphatic heterocycles. The summed E-state index contributed by atoms with van der Waals surface area (Å²) >= 11 is 0. The summed E-state index contributed by atoms with van der Waals surface area (Å²) in [6.07, 6.45) is 3.07. The normalized spacial score (nSPS) is 16.0. The van der Waals surface area contributed by atoms with Crippen molar-refractivity contribution < 1.29 is 17.9 Å². The third-order valence-corrected chi connectivity index (χ3v) is 6.89. The molecule has 158 valence electrons. The number of aryl methyl sites for hydroxylation is 1. The number of nitrogens with one attached hydrogen (secondary N) is 1. The largest absolute Gasteiger partial charge is 0.494 e. The second-order valence-corrected chi connectivity index (χ2v) is 9.22. The number of nitrogens with zero attached hydrogens (tertiary/aromatic N) is 3. The van der Waals surface area contributed by atoms with Gasteiger partial charge < -0.3 is 10.1 Å². The molecule has 1 fully saturated rings. The molecular weight excluding hydrogens is 392 g/mol. The molecule has 9 heteroatoms. The van der Waals surface area contributed by atoms with Crippen LogP contribution in [0.5, 0.6) is 5.75 Å². The lowest BCUT2D eigenvalue weighted by molar-refractivity contribution is 0.0947. The number of ether oxygens (including phenoxy) is 1. The minimum atomic E-state index is -3.81. The number of amides is 1. The summed E-state index contributed by atoms with van der Waals surface area (Å²) in [5.41, 5.74) is 0.956. The quantitative estimate of drug-likeness (QED) is 0.741. The van der Waals surface area contributed by atoms with Gasteiger partial charge in [-0.15, -0.1) is 0 Å². The highest BCUT2D eigenvalue weighted by Gasteiger charge is 2.34. The maximum atomic E-state index is 13.1. The first-order chi connectivity index (χ1) is 13.8. The predicted molar refractivity (Wildman–Crippen MR) is 109 cm³/mol. The van der Waals surface area contributed by atoms with Crippen LogP contribution in [0.2, 0.25) is 0 Å². The molecular formula is C20H28N4O4S. The molecule has 0 unspecified atom stereocenters. The Labute approximate surface area is 171 Å². The summed E-state index contributed by atoms with van der Waals surface area (Å²) < 4.78 is 34.3. The number of carbonyl (C=O) groups excluding carboxylic acids is 1. The molecule has 0 radical (unpaired) electrons. The highest BCUT2D eigenvalue weighted by molar-refractivity contribution is 7.89. The lowest BCUT2D eigenvalue weighted by atomic mass is 10.0. The van der Waals surface area contributed by atoms with E-state index >= 15 is 0 Å². The van der Waals surface area contributed by atoms with E-state index in [2.05, 4.69) is 17.3 Å². The first-order valence-electron chi connectivity index (χ1n) is 9.85. The number of piperidine rings is 1. The van der Waals surface area contributed by atoms with Crippen molar-refractivity contribution in [3.8, 4) is 5.75 Å². The number of rotatable bonds is 7. The molecule has 8 nitrogen and oxygen atoms in total. The zero-order valence-corrected chi connectivity index (χ0v) is 17.9. The van der Waals surface area contributed by atoms with E-state index < -0.39 is 15.9 Å². The minimum absolute atomic E-state index is 0.0667. The highest BCUT2D eigenvalue weighted by atomic mass is 32.2. The van der Waals surface area contributed by atoms with Gasteiger partial charge in [-0.3, -0.25) is 9.48 Å². The lowest BCUT2D eigenvalue weighted by Gasteiger charge is -2.28. The van der Waals surface area contributed by atoms with Gasteiger partial charge >= 0.3 is 0 Å². The highest BCUT2D eigenvalue weighted by Crippen LogP contribution is 2.24. The van der Waals surface area contributed by atoms with Crippen LogP contribution in [0.1, 0.15) is 42.6 Å². The average molecular weight is 421 g/mol. The van der Waals surface area contributed by atoms with Crippen molar-refractivity contribution in [3.05, 3.63) is 41.6 Å². The molecule has 1 aliphatic rings. The number of benzene rings is 1. The Balaban J connectivity index is 1.73. The first kappa shape index (κ1) is 21.3. The summed E-state index contributed by atoms with van der Waals surface area (Å²) in [4.78, 5) is 12.7. The molecule has 0 bridgehead atoms. The second kappa shape index (κ2) is 8.96. The van der Waals surface area contributed by atoms with Crippen molar-refractivity contribution in [1.29, 1.82) is 0 Å². The molecule has 3 rings (SSSR count). The second-order valence-electron chi connectivity index (χ2n) is 7.37. The molecule has 0 spiro atoms. The Morgan fingerprint density at radius 1 is 1.24 bits per heavy atom. The number of hydrogen-bond donors (Lipinski definition) is 1. The number of sulfonamides is 1. The van der Waals surface area contributed by atoms with Crippen LogP contribution in [0, 0.1) is 5.92 Å². The monoisotopic (exact) mass is 420 g/mol. The molecule has 0 aliphatic carbocycles. The van der Waals surface area contributed by atoms with E-state index in [0.717, 1.165) is 24.2 Å². The minimum Gasteiger partial charge on any atom is -0.494 e. The van der Waals surface area contributed by atoms with Crippen molar-refractivity contribution in [1.82, 2.24) is 19.4 Å². The van der Waals surface area contributed by atoms with Crippen LogP contribution in [0.3, 0.4) is 0 Å². The Morgan fingerprint density at radius 2 is 1.90 bits per heavy atom. The van der Waals surface area contributed by atoms with Crippen LogP contribution in [-0.2, 0) is 23.6 Å². The van der Waals surface area contributed by atoms with Gasteiger partial charge in [-0.25, -0.2) is 8.42 Å². The Morgan fingerprint density at radius 3 is 2.52 bits per heavy atom. The van der Waals surface area contributed by atoms with E-state index in [1.54, 1.807) is 7.05 Å². The summed E-state index contributed by atoms with van der Waals surface area (Å²) in [6.45, 7) is 5.80. The molecule has 0 atom stereocenters. The van der Waals surface area contributed by atoms with E-state index in [9.17, 15) is 13.2 Å². The van der Waals surface area contributed by atoms with Gasteiger partial charge in [-0.1, -0.05) is 19.1 Å². The van der Waals surface area contributed by atoms with Crippen LogP contribution in [0.4, 0.5) is 0 Å². The molecule has 0 saturated carbocycles. The lowest BCUT2D eigenvalue weighted by Crippen LogP contribution is -2.39. The fourth-order valence-corrected chi connectivity index (χ4v) is 4.90. The van der Waals surface area contributed by atoms with Gasteiger partial charge in [0.05, 0.1) is 12.2 Å². The Kier molecular flexibility index (Phi) is 6.59. The van der Waals surface area contributed by atoms with Gasteiger partial charge in [0.2, 0.25) is 5.03 Å². The van der Waals surface area contributed by atoms with E-state index in [-0.39, 0.29) is 17.1 Å². The van der Waals surface area contributed by atoms with Crippen molar-refractivity contribution in [2.24, 2.45) is 13.0 Å². The fraction of sp³-hybridized carbons (Fsp3) is 0.500. The van der Waals surface area contributed by atoms with Crippen LogP contribution in [0.25, 0.3) is 0 Å². The van der Waals surface area contributed by atoms with E-state index in [1.165, 1.54) is 15.2 Å². The van der Waals surface area contributed by atoms with E-state index in [0.29, 0.717) is 25.6 Å². The van der Waals surface area contributed by atoms with Gasteiger partial charge in [0.15, 0.2) is 0 Å². The Bertz CT molecular complexity index is 945. The fourth-order valence-electron chi connectivity index (χ4n) is 3.31. The van der Waals surface area contributed by atoms with Gasteiger partial charge in [0.1, 0.15) is 5.75 Å². The summed E-state index contributed by atoms with van der Waals surface area (Å²) in [5.74, 6) is 0.803. The number of carbonyl (C=O) groups is 1. The van der Waals surface area contributed by atoms with Gasteiger partial charge in [-0.05, 0) is 43.4 Å². The van der Waals surface area contributed by atoms with Crippen molar-refractivity contribution in [2.45, 2.75) is 38.3 Å². The summed E-state index contributed by atoms with van der Waals surface area (Å²) in [6, 6.07) is 7.40. The SMILES string of the molecule is CCOc1ccc(CNC(=O)c2cn(C)nc2S(=O)(=O)N2CCC(C)CC2)cc1. The van der Waals surface area contributed by atoms with Crippen LogP contribution in [0.15, 0.2) is 35.5 Å². The van der Waals surface area contributed by atoms with E-state index in [4.69, 9.17) is 4.74 Å². The summed E-state index contributed by atoms with van der Waals surface area (Å²) in [7, 11) is -2.20. The van der Waals surface area contributed by atoms with Gasteiger partial charge in [0.25, 0.3) is 15.9 Å². The third-order valence-electron chi connectivity index (χ3n) is 5.05. The third kappa shape index (κ3) is 4.97. The summed E-state index contributed by atoms with van der Waals surface area (Å²) in [5, 5.41) is 6.70. The van der Waals surface area contributed by atoms with Gasteiger partial charge in [-0.2, -0.15) is 9.40 Å². The topological polar surface area (TPSA) is 93.5 Å². The molecule has 1 aromatic heterocycles. The molecule has 2 heterocycles. The van der Waals surface area contributed by atoms with Crippen LogP contribution < -0.4 is 10.1 Å². The van der Waals surface area contributed by atoms with Crippen molar-refractivity contribution in [2.75, 3.05) is 19.7 Å². The number of aromatic nitrogens is 2. The van der Waals surface area contributed by atoms with Crippen molar-refractivity contribution in [3.63, 3.8) is 0 Å². The number of hydrogen-bond acceptors (Lipinski definition) is 5. The van der Waals surface area contributed by atoms with Crippen molar-refractivity contribution >= 4 is 15.9 Å². The standard InChI is InChI=1S/C20H28N4O4S/c1-4-28-17-7-5-16(6-8-17)13-21-19(25)18-14-23(3)22-20(18)29(26,27)24-11-9-15(2)10-12-24/h5-8,14-15H,4,9-13H2,1-3H3,(H,21,25). The maximum Gasteiger partial charge on any atom is 0.263 e. The molecule has 29 heavy (non-hydrogen) atoms. The average Bonchev–Trinajstić information content (AvgIpc) is 3.10. The molecule has 1 N–H and O–H groups in total. The van der Waals surface area contributed by atoms with Crippen LogP contribution >= 0.6 is 0 Å². The molecule has 1 aromatic carbocycles. The zero-order valence-electron chi connectivity index (χ0n) is 17.1. The molecule has 1 amide bonds. The maximum absolute atomic E-state index is 13.1. The van der Waals surface area contributed by atoms with Gasteiger partial charge in [0, 0.05) is 32.9 Å². The zero-order chi connectivity index (χ0) is 21.0. The predicted octanol–water partition coefficient (Wildman–Crippen LogP) is 2.17. The molecule has 2 aromatic rings. The Hall–Kier alpha value is -2.39. The first-order valence-corrected chi connectivity index (χ1v) is 11.3. The van der Waals surface area contributed by atoms with Crippen LogP contribution in [-0.4, -0.2) is 48.1 Å². The van der Waals surface area contributed by atoms with E-state index in [1.807, 2.05) is 31.2 Å².